The zero-order valence-corrected chi connectivity index (χ0v) is 18.6. The second-order valence-corrected chi connectivity index (χ2v) is 8.71. The van der Waals surface area contributed by atoms with Crippen LogP contribution in [0.25, 0.3) is 0 Å². The number of carbonyl (C=O) groups is 1. The quantitative estimate of drug-likeness (QED) is 0.621. The maximum atomic E-state index is 12.9. The molecule has 1 aromatic carbocycles. The summed E-state index contributed by atoms with van der Waals surface area (Å²) in [5.74, 6) is 0.939. The van der Waals surface area contributed by atoms with Gasteiger partial charge in [-0.25, -0.2) is 0 Å². The monoisotopic (exact) mass is 431 g/mol. The van der Waals surface area contributed by atoms with Crippen molar-refractivity contribution in [1.82, 2.24) is 24.6 Å². The number of likely N-dealkylation sites (tertiary alicyclic amines) is 2. The Balaban J connectivity index is 1.25. The van der Waals surface area contributed by atoms with Crippen LogP contribution in [-0.4, -0.2) is 62.3 Å². The van der Waals surface area contributed by atoms with Gasteiger partial charge in [0.1, 0.15) is 11.9 Å². The van der Waals surface area contributed by atoms with E-state index in [-0.39, 0.29) is 18.1 Å². The number of benzene rings is 1. The molecule has 2 fully saturated rings. The van der Waals surface area contributed by atoms with Crippen LogP contribution in [0.5, 0.6) is 5.75 Å². The molecule has 32 heavy (non-hydrogen) atoms. The molecule has 166 valence electrons. The van der Waals surface area contributed by atoms with Gasteiger partial charge in [-0.15, -0.1) is 0 Å². The van der Waals surface area contributed by atoms with E-state index in [1.54, 1.807) is 4.68 Å². The molecule has 2 aliphatic rings. The van der Waals surface area contributed by atoms with Crippen molar-refractivity contribution >= 4 is 5.91 Å². The zero-order valence-electron chi connectivity index (χ0n) is 18.6. The van der Waals surface area contributed by atoms with E-state index in [1.807, 2.05) is 67.7 Å². The Morgan fingerprint density at radius 2 is 1.78 bits per heavy atom. The van der Waals surface area contributed by atoms with Crippen LogP contribution in [0.4, 0.5) is 0 Å². The Labute approximate surface area is 188 Å². The van der Waals surface area contributed by atoms with Crippen molar-refractivity contribution in [3.63, 3.8) is 0 Å². The van der Waals surface area contributed by atoms with Gasteiger partial charge >= 0.3 is 0 Å². The summed E-state index contributed by atoms with van der Waals surface area (Å²) < 4.78 is 8.09. The van der Waals surface area contributed by atoms with Crippen molar-refractivity contribution in [3.05, 3.63) is 77.9 Å². The number of aryl methyl sites for hydroxylation is 2. The lowest BCUT2D eigenvalue weighted by atomic mass is 9.87. The largest absolute Gasteiger partial charge is 0.487 e. The summed E-state index contributed by atoms with van der Waals surface area (Å²) in [6.45, 7) is 4.36. The fourth-order valence-electron chi connectivity index (χ4n) is 4.84. The first-order valence-corrected chi connectivity index (χ1v) is 11.3. The van der Waals surface area contributed by atoms with Crippen molar-refractivity contribution in [2.75, 3.05) is 19.6 Å². The van der Waals surface area contributed by atoms with Crippen LogP contribution >= 0.6 is 0 Å². The topological polar surface area (TPSA) is 63.5 Å². The highest BCUT2D eigenvalue weighted by Crippen LogP contribution is 2.40. The molecule has 0 radical (unpaired) electrons. The van der Waals surface area contributed by atoms with Gasteiger partial charge in [-0.3, -0.25) is 19.4 Å². The van der Waals surface area contributed by atoms with E-state index >= 15 is 0 Å². The Kier molecular flexibility index (Phi) is 5.66. The van der Waals surface area contributed by atoms with Crippen LogP contribution in [-0.2, 0) is 7.05 Å². The summed E-state index contributed by atoms with van der Waals surface area (Å²) in [5.41, 5.74) is 2.77. The van der Waals surface area contributed by atoms with Crippen molar-refractivity contribution in [2.45, 2.75) is 38.0 Å². The number of aromatic nitrogens is 3. The molecule has 2 aromatic heterocycles. The highest BCUT2D eigenvalue weighted by atomic mass is 16.5. The van der Waals surface area contributed by atoms with E-state index < -0.39 is 0 Å². The standard InChI is InChI=1S/C25H29N5O2/c1-18-16-22(27-28(18)2)25(31)29-14-10-20(11-15-29)30-17-23(32-21-6-4-3-5-7-21)24(30)19-8-12-26-13-9-19/h3-9,12-13,16,20,23-24H,10-11,14-15,17H2,1-2H3/t23-,24-/m0/s1. The molecule has 2 aliphatic heterocycles. The number of rotatable bonds is 5. The molecule has 0 saturated carbocycles. The summed E-state index contributed by atoms with van der Waals surface area (Å²) in [7, 11) is 1.87. The van der Waals surface area contributed by atoms with E-state index in [1.165, 1.54) is 5.56 Å². The highest BCUT2D eigenvalue weighted by Gasteiger charge is 2.46. The maximum Gasteiger partial charge on any atom is 0.274 e. The van der Waals surface area contributed by atoms with Crippen LogP contribution in [0.15, 0.2) is 60.9 Å². The lowest BCUT2D eigenvalue weighted by molar-refractivity contribution is -0.0842. The van der Waals surface area contributed by atoms with Crippen molar-refractivity contribution in [2.24, 2.45) is 7.05 Å². The molecule has 2 atom stereocenters. The van der Waals surface area contributed by atoms with Gasteiger partial charge in [0.15, 0.2) is 5.69 Å². The third-order valence-electron chi connectivity index (χ3n) is 6.73. The van der Waals surface area contributed by atoms with Gasteiger partial charge in [-0.1, -0.05) is 18.2 Å². The Morgan fingerprint density at radius 1 is 1.06 bits per heavy atom. The molecule has 0 aliphatic carbocycles. The lowest BCUT2D eigenvalue weighted by Gasteiger charge is -2.53. The maximum absolute atomic E-state index is 12.9. The van der Waals surface area contributed by atoms with Gasteiger partial charge in [0.2, 0.25) is 0 Å². The number of carbonyl (C=O) groups excluding carboxylic acids is 1. The highest BCUT2D eigenvalue weighted by molar-refractivity contribution is 5.92. The Bertz CT molecular complexity index is 1040. The van der Waals surface area contributed by atoms with Crippen LogP contribution in [0.2, 0.25) is 0 Å². The van der Waals surface area contributed by atoms with E-state index in [4.69, 9.17) is 4.74 Å². The van der Waals surface area contributed by atoms with Gasteiger partial charge in [0, 0.05) is 50.8 Å². The molecule has 4 heterocycles. The molecule has 0 bridgehead atoms. The van der Waals surface area contributed by atoms with E-state index in [0.717, 1.165) is 43.9 Å². The smallest absolute Gasteiger partial charge is 0.274 e. The number of amides is 1. The van der Waals surface area contributed by atoms with Gasteiger partial charge < -0.3 is 9.64 Å². The van der Waals surface area contributed by atoms with E-state index in [9.17, 15) is 4.79 Å². The fourth-order valence-corrected chi connectivity index (χ4v) is 4.84. The SMILES string of the molecule is Cc1cc(C(=O)N2CCC(N3C[C@H](Oc4ccccc4)[C@@H]3c3ccncc3)CC2)nn1C. The fraction of sp³-hybridized carbons (Fsp3) is 0.400. The summed E-state index contributed by atoms with van der Waals surface area (Å²) in [6, 6.07) is 16.7. The Morgan fingerprint density at radius 3 is 2.44 bits per heavy atom. The third kappa shape index (κ3) is 4.00. The molecule has 0 unspecified atom stereocenters. The number of pyridine rings is 1. The second kappa shape index (κ2) is 8.74. The minimum Gasteiger partial charge on any atom is -0.487 e. The van der Waals surface area contributed by atoms with Gasteiger partial charge in [-0.05, 0) is 55.7 Å². The number of hydrogen-bond acceptors (Lipinski definition) is 5. The lowest BCUT2D eigenvalue weighted by Crippen LogP contribution is -2.61. The summed E-state index contributed by atoms with van der Waals surface area (Å²) in [4.78, 5) is 21.5. The Hall–Kier alpha value is -3.19. The number of ether oxygens (including phenoxy) is 1. The first kappa shape index (κ1) is 20.7. The van der Waals surface area contributed by atoms with Crippen LogP contribution in [0.1, 0.15) is 40.6 Å². The predicted molar refractivity (Wildman–Crippen MR) is 121 cm³/mol. The average Bonchev–Trinajstić information content (AvgIpc) is 3.15. The first-order chi connectivity index (χ1) is 15.6. The van der Waals surface area contributed by atoms with Crippen LogP contribution < -0.4 is 4.74 Å². The number of para-hydroxylation sites is 1. The first-order valence-electron chi connectivity index (χ1n) is 11.3. The molecule has 0 N–H and O–H groups in total. The number of piperidine rings is 1. The molecular weight excluding hydrogens is 402 g/mol. The molecule has 7 nitrogen and oxygen atoms in total. The summed E-state index contributed by atoms with van der Waals surface area (Å²) in [5, 5.41) is 4.36. The molecule has 3 aromatic rings. The normalized spacial score (nSPS) is 21.9. The molecule has 5 rings (SSSR count). The third-order valence-corrected chi connectivity index (χ3v) is 6.73. The number of nitrogens with zero attached hydrogens (tertiary/aromatic N) is 5. The molecule has 0 spiro atoms. The van der Waals surface area contributed by atoms with Gasteiger partial charge in [-0.2, -0.15) is 5.10 Å². The van der Waals surface area contributed by atoms with Crippen molar-refractivity contribution in [3.8, 4) is 5.75 Å². The molecule has 2 saturated heterocycles. The second-order valence-electron chi connectivity index (χ2n) is 8.71. The van der Waals surface area contributed by atoms with Crippen molar-refractivity contribution in [1.29, 1.82) is 0 Å². The zero-order chi connectivity index (χ0) is 22.1. The molecule has 1 amide bonds. The minimum atomic E-state index is 0.0340. The summed E-state index contributed by atoms with van der Waals surface area (Å²) in [6.07, 6.45) is 5.72. The minimum absolute atomic E-state index is 0.0340. The van der Waals surface area contributed by atoms with Gasteiger partial charge in [0.25, 0.3) is 5.91 Å². The van der Waals surface area contributed by atoms with Gasteiger partial charge in [0.05, 0.1) is 6.04 Å². The average molecular weight is 432 g/mol. The molecule has 7 heteroatoms. The van der Waals surface area contributed by atoms with Crippen LogP contribution in [0.3, 0.4) is 0 Å². The predicted octanol–water partition coefficient (Wildman–Crippen LogP) is 3.23. The summed E-state index contributed by atoms with van der Waals surface area (Å²) >= 11 is 0. The van der Waals surface area contributed by atoms with Crippen LogP contribution in [0, 0.1) is 6.92 Å². The van der Waals surface area contributed by atoms with E-state index in [2.05, 4.69) is 27.1 Å². The molecular formula is C25H29N5O2. The van der Waals surface area contributed by atoms with E-state index in [0.29, 0.717) is 11.7 Å². The number of hydrogen-bond donors (Lipinski definition) is 0. The van der Waals surface area contributed by atoms with Crippen molar-refractivity contribution < 1.29 is 9.53 Å².